The molecule has 0 saturated heterocycles. The summed E-state index contributed by atoms with van der Waals surface area (Å²) in [7, 11) is 0. The summed E-state index contributed by atoms with van der Waals surface area (Å²) >= 11 is 0. The van der Waals surface area contributed by atoms with E-state index in [1.807, 2.05) is 0 Å². The van der Waals surface area contributed by atoms with Crippen molar-refractivity contribution in [2.24, 2.45) is 0 Å². The van der Waals surface area contributed by atoms with Gasteiger partial charge < -0.3 is 9.84 Å². The summed E-state index contributed by atoms with van der Waals surface area (Å²) in [6.45, 7) is 1.46. The van der Waals surface area contributed by atoms with E-state index < -0.39 is 11.6 Å². The largest absolute Gasteiger partial charge is 0.356 e. The molecule has 0 fully saturated rings. The van der Waals surface area contributed by atoms with Crippen LogP contribution in [0.1, 0.15) is 23.0 Å². The lowest BCUT2D eigenvalue weighted by Crippen LogP contribution is -2.14. The van der Waals surface area contributed by atoms with Crippen LogP contribution in [0.25, 0.3) is 11.3 Å². The second-order valence-electron chi connectivity index (χ2n) is 5.67. The maximum Gasteiger partial charge on any atom is 0.230 e. The number of nitrogens with one attached hydrogen (secondary N) is 1. The van der Waals surface area contributed by atoms with Gasteiger partial charge in [0, 0.05) is 23.4 Å². The number of halogens is 2. The third-order valence-corrected chi connectivity index (χ3v) is 3.67. The van der Waals surface area contributed by atoms with Crippen LogP contribution in [0, 0.1) is 11.6 Å². The first-order chi connectivity index (χ1) is 12.4. The number of hydrogen-bond donors (Lipinski definition) is 1. The summed E-state index contributed by atoms with van der Waals surface area (Å²) in [6.07, 6.45) is -0.0826. The number of benzene rings is 2. The fraction of sp³-hybridized carbons (Fsp3) is 0.105. The van der Waals surface area contributed by atoms with E-state index in [0.717, 1.165) is 12.1 Å². The maximum absolute atomic E-state index is 13.8. The van der Waals surface area contributed by atoms with E-state index in [1.54, 1.807) is 24.3 Å². The number of aromatic nitrogens is 1. The molecule has 3 rings (SSSR count). The molecule has 0 aliphatic rings. The lowest BCUT2D eigenvalue weighted by Gasteiger charge is -2.04. The molecule has 5 nitrogen and oxygen atoms in total. The number of carbonyl (C=O) groups is 2. The zero-order chi connectivity index (χ0) is 18.7. The van der Waals surface area contributed by atoms with Crippen molar-refractivity contribution < 1.29 is 22.9 Å². The highest BCUT2D eigenvalue weighted by atomic mass is 19.1. The highest BCUT2D eigenvalue weighted by Gasteiger charge is 2.14. The average molecular weight is 356 g/mol. The minimum atomic E-state index is -0.775. The van der Waals surface area contributed by atoms with Crippen LogP contribution in [0.4, 0.5) is 14.5 Å². The molecule has 1 amide bonds. The van der Waals surface area contributed by atoms with Gasteiger partial charge in [0.15, 0.2) is 11.5 Å². The number of carbonyl (C=O) groups excluding carboxylic acids is 2. The third kappa shape index (κ3) is 4.00. The van der Waals surface area contributed by atoms with Gasteiger partial charge in [-0.05, 0) is 43.3 Å². The minimum Gasteiger partial charge on any atom is -0.356 e. The lowest BCUT2D eigenvalue weighted by molar-refractivity contribution is -0.115. The molecule has 26 heavy (non-hydrogen) atoms. The Hall–Kier alpha value is -3.35. The molecule has 0 aliphatic carbocycles. The molecular weight excluding hydrogens is 342 g/mol. The van der Waals surface area contributed by atoms with E-state index in [0.29, 0.717) is 16.9 Å². The van der Waals surface area contributed by atoms with Gasteiger partial charge in [0.1, 0.15) is 11.6 Å². The van der Waals surface area contributed by atoms with Crippen LogP contribution in [0.5, 0.6) is 0 Å². The number of amides is 1. The van der Waals surface area contributed by atoms with Gasteiger partial charge in [0.25, 0.3) is 0 Å². The molecule has 0 saturated carbocycles. The van der Waals surface area contributed by atoms with Crippen molar-refractivity contribution in [3.63, 3.8) is 0 Å². The zero-order valence-corrected chi connectivity index (χ0v) is 13.8. The molecule has 0 atom stereocenters. The summed E-state index contributed by atoms with van der Waals surface area (Å²) < 4.78 is 31.7. The van der Waals surface area contributed by atoms with Gasteiger partial charge in [0.2, 0.25) is 5.91 Å². The zero-order valence-electron chi connectivity index (χ0n) is 13.8. The predicted octanol–water partition coefficient (Wildman–Crippen LogP) is 4.00. The predicted molar refractivity (Wildman–Crippen MR) is 90.6 cm³/mol. The topological polar surface area (TPSA) is 72.2 Å². The second kappa shape index (κ2) is 7.26. The Morgan fingerprint density at radius 1 is 1.08 bits per heavy atom. The lowest BCUT2D eigenvalue weighted by atomic mass is 10.1. The second-order valence-corrected chi connectivity index (χ2v) is 5.67. The van der Waals surface area contributed by atoms with Gasteiger partial charge in [-0.3, -0.25) is 9.59 Å². The highest BCUT2D eigenvalue weighted by molar-refractivity contribution is 5.96. The van der Waals surface area contributed by atoms with Gasteiger partial charge in [-0.15, -0.1) is 0 Å². The Bertz CT molecular complexity index is 965. The first-order valence-corrected chi connectivity index (χ1v) is 7.74. The maximum atomic E-state index is 13.8. The van der Waals surface area contributed by atoms with Gasteiger partial charge >= 0.3 is 0 Å². The quantitative estimate of drug-likeness (QED) is 0.701. The average Bonchev–Trinajstić information content (AvgIpc) is 3.03. The summed E-state index contributed by atoms with van der Waals surface area (Å²) in [6, 6.07) is 11.0. The first-order valence-electron chi connectivity index (χ1n) is 7.74. The van der Waals surface area contributed by atoms with Crippen LogP contribution in [-0.4, -0.2) is 16.8 Å². The van der Waals surface area contributed by atoms with Crippen molar-refractivity contribution >= 4 is 17.4 Å². The SMILES string of the molecule is CC(=O)c1ccc(NC(=O)Cc2cc(-c3ccc(F)cc3F)on2)cc1. The normalized spacial score (nSPS) is 10.6. The summed E-state index contributed by atoms with van der Waals surface area (Å²) in [5, 5.41) is 6.40. The fourth-order valence-electron chi connectivity index (χ4n) is 2.37. The number of rotatable bonds is 5. The van der Waals surface area contributed by atoms with Crippen molar-refractivity contribution in [3.8, 4) is 11.3 Å². The highest BCUT2D eigenvalue weighted by Crippen LogP contribution is 2.24. The Kier molecular flexibility index (Phi) is 4.88. The van der Waals surface area contributed by atoms with E-state index in [4.69, 9.17) is 4.52 Å². The van der Waals surface area contributed by atoms with Crippen molar-refractivity contribution in [1.29, 1.82) is 0 Å². The van der Waals surface area contributed by atoms with E-state index in [1.165, 1.54) is 19.1 Å². The molecule has 0 spiro atoms. The molecule has 1 heterocycles. The van der Waals surface area contributed by atoms with Crippen LogP contribution in [0.15, 0.2) is 53.1 Å². The standard InChI is InChI=1S/C19H14F2N2O3/c1-11(24)12-2-5-14(6-3-12)22-19(25)10-15-9-18(26-23-15)16-7-4-13(20)8-17(16)21/h2-9H,10H2,1H3,(H,22,25). The number of Topliss-reactive ketones (excluding diaryl/α,β-unsaturated/α-hetero) is 1. The molecule has 132 valence electrons. The van der Waals surface area contributed by atoms with Crippen LogP contribution >= 0.6 is 0 Å². The molecule has 0 unspecified atom stereocenters. The fourth-order valence-corrected chi connectivity index (χ4v) is 2.37. The minimum absolute atomic E-state index is 0.0605. The van der Waals surface area contributed by atoms with Gasteiger partial charge in [-0.25, -0.2) is 8.78 Å². The molecule has 3 aromatic rings. The van der Waals surface area contributed by atoms with Crippen LogP contribution in [-0.2, 0) is 11.2 Å². The molecule has 2 aromatic carbocycles. The third-order valence-electron chi connectivity index (χ3n) is 3.67. The molecule has 0 aliphatic heterocycles. The molecule has 1 aromatic heterocycles. The molecule has 0 bridgehead atoms. The number of ketones is 1. The van der Waals surface area contributed by atoms with Crippen LogP contribution in [0.3, 0.4) is 0 Å². The number of anilines is 1. The Labute approximate surface area is 147 Å². The number of hydrogen-bond acceptors (Lipinski definition) is 4. The summed E-state index contributed by atoms with van der Waals surface area (Å²) in [5.41, 5.74) is 1.45. The van der Waals surface area contributed by atoms with Crippen molar-refractivity contribution in [2.75, 3.05) is 5.32 Å². The molecule has 7 heteroatoms. The summed E-state index contributed by atoms with van der Waals surface area (Å²) in [5.74, 6) is -1.77. The van der Waals surface area contributed by atoms with E-state index in [-0.39, 0.29) is 29.4 Å². The van der Waals surface area contributed by atoms with Gasteiger partial charge in [0.05, 0.1) is 17.7 Å². The number of nitrogens with zero attached hydrogens (tertiary/aromatic N) is 1. The monoisotopic (exact) mass is 356 g/mol. The smallest absolute Gasteiger partial charge is 0.230 e. The van der Waals surface area contributed by atoms with Crippen molar-refractivity contribution in [3.05, 3.63) is 71.4 Å². The van der Waals surface area contributed by atoms with Crippen molar-refractivity contribution in [2.45, 2.75) is 13.3 Å². The summed E-state index contributed by atoms with van der Waals surface area (Å²) in [4.78, 5) is 23.3. The van der Waals surface area contributed by atoms with Gasteiger partial charge in [-0.1, -0.05) is 5.16 Å². The van der Waals surface area contributed by atoms with E-state index in [9.17, 15) is 18.4 Å². The first kappa shape index (κ1) is 17.5. The van der Waals surface area contributed by atoms with Gasteiger partial charge in [-0.2, -0.15) is 0 Å². The van der Waals surface area contributed by atoms with Crippen molar-refractivity contribution in [1.82, 2.24) is 5.16 Å². The Balaban J connectivity index is 1.66. The van der Waals surface area contributed by atoms with Crippen LogP contribution in [0.2, 0.25) is 0 Å². The van der Waals surface area contributed by atoms with Crippen LogP contribution < -0.4 is 5.32 Å². The van der Waals surface area contributed by atoms with E-state index in [2.05, 4.69) is 10.5 Å². The molecule has 1 N–H and O–H groups in total. The Morgan fingerprint density at radius 3 is 2.46 bits per heavy atom. The van der Waals surface area contributed by atoms with E-state index >= 15 is 0 Å². The molecule has 0 radical (unpaired) electrons. The molecular formula is C19H14F2N2O3. The Morgan fingerprint density at radius 2 is 1.81 bits per heavy atom.